The lowest BCUT2D eigenvalue weighted by Crippen LogP contribution is -2.05. The zero-order valence-electron chi connectivity index (χ0n) is 15.5. The van der Waals surface area contributed by atoms with Crippen molar-refractivity contribution >= 4 is 5.70 Å². The summed E-state index contributed by atoms with van der Waals surface area (Å²) in [7, 11) is 1.85. The minimum Gasteiger partial charge on any atom is -0.397 e. The summed E-state index contributed by atoms with van der Waals surface area (Å²) in [5.74, 6) is 6.22. The van der Waals surface area contributed by atoms with Crippen LogP contribution < -0.4 is 11.1 Å². The predicted molar refractivity (Wildman–Crippen MR) is 102 cm³/mol. The largest absolute Gasteiger partial charge is 0.397 e. The van der Waals surface area contributed by atoms with E-state index >= 15 is 0 Å². The first-order valence-electron chi connectivity index (χ1n) is 8.39. The van der Waals surface area contributed by atoms with Gasteiger partial charge in [0, 0.05) is 30.8 Å². The predicted octanol–water partition coefficient (Wildman–Crippen LogP) is 4.93. The van der Waals surface area contributed by atoms with Crippen LogP contribution >= 0.6 is 0 Å². The lowest BCUT2D eigenvalue weighted by molar-refractivity contribution is 1.09. The van der Waals surface area contributed by atoms with Crippen molar-refractivity contribution in [2.75, 3.05) is 7.05 Å². The van der Waals surface area contributed by atoms with Crippen molar-refractivity contribution in [2.45, 2.75) is 60.8 Å². The van der Waals surface area contributed by atoms with Gasteiger partial charge >= 0.3 is 0 Å². The van der Waals surface area contributed by atoms with E-state index in [1.54, 1.807) is 0 Å². The highest BCUT2D eigenvalue weighted by atomic mass is 14.8. The van der Waals surface area contributed by atoms with Crippen LogP contribution in [0.2, 0.25) is 0 Å². The Morgan fingerprint density at radius 1 is 1.18 bits per heavy atom. The van der Waals surface area contributed by atoms with Gasteiger partial charge in [0.05, 0.1) is 5.70 Å². The smallest absolute Gasteiger partial charge is 0.0549 e. The maximum atomic E-state index is 5.99. The molecule has 0 bridgehead atoms. The fourth-order valence-electron chi connectivity index (χ4n) is 1.67. The molecular formula is C20H34N2. The molecule has 0 saturated carbocycles. The topological polar surface area (TPSA) is 38.0 Å². The van der Waals surface area contributed by atoms with E-state index in [1.165, 1.54) is 12.0 Å². The highest BCUT2D eigenvalue weighted by molar-refractivity contribution is 5.66. The van der Waals surface area contributed by atoms with Gasteiger partial charge in [0.2, 0.25) is 0 Å². The number of aryl methyl sites for hydroxylation is 1. The van der Waals surface area contributed by atoms with Gasteiger partial charge in [0.1, 0.15) is 0 Å². The van der Waals surface area contributed by atoms with E-state index in [9.17, 15) is 0 Å². The number of benzene rings is 1. The van der Waals surface area contributed by atoms with Gasteiger partial charge in [-0.15, -0.1) is 0 Å². The van der Waals surface area contributed by atoms with Gasteiger partial charge in [0.15, 0.2) is 0 Å². The van der Waals surface area contributed by atoms with E-state index in [0.29, 0.717) is 0 Å². The molecule has 22 heavy (non-hydrogen) atoms. The van der Waals surface area contributed by atoms with Crippen molar-refractivity contribution in [1.82, 2.24) is 5.32 Å². The van der Waals surface area contributed by atoms with Gasteiger partial charge in [-0.2, -0.15) is 0 Å². The molecule has 0 atom stereocenters. The second-order valence-corrected chi connectivity index (χ2v) is 4.48. The molecule has 2 nitrogen and oxygen atoms in total. The van der Waals surface area contributed by atoms with Gasteiger partial charge in [-0.3, -0.25) is 0 Å². The molecule has 0 radical (unpaired) electrons. The maximum Gasteiger partial charge on any atom is 0.0549 e. The number of nitrogens with one attached hydrogen (secondary N) is 1. The molecule has 1 rings (SSSR count). The second-order valence-electron chi connectivity index (χ2n) is 4.48. The molecule has 3 N–H and O–H groups in total. The Hall–Kier alpha value is -1.88. The Bertz CT molecular complexity index is 476. The maximum absolute atomic E-state index is 5.99. The summed E-state index contributed by atoms with van der Waals surface area (Å²) in [6, 6.07) is 6.18. The fourth-order valence-corrected chi connectivity index (χ4v) is 1.67. The summed E-state index contributed by atoms with van der Waals surface area (Å²) >= 11 is 0. The van der Waals surface area contributed by atoms with E-state index in [2.05, 4.69) is 50.9 Å². The molecule has 1 aromatic carbocycles. The van der Waals surface area contributed by atoms with Crippen LogP contribution in [0.15, 0.2) is 24.4 Å². The van der Waals surface area contributed by atoms with E-state index < -0.39 is 0 Å². The molecule has 0 saturated heterocycles. The minimum absolute atomic E-state index is 0.763. The molecule has 0 spiro atoms. The molecule has 0 amide bonds. The lowest BCUT2D eigenvalue weighted by atomic mass is 10.00. The van der Waals surface area contributed by atoms with Gasteiger partial charge < -0.3 is 11.1 Å². The van der Waals surface area contributed by atoms with Crippen LogP contribution in [0.25, 0.3) is 5.70 Å². The SMILES string of the molecule is CC.CCC.CCC#Cc1ccc(/C(N)=C/NC)c(CC)c1. The zero-order chi connectivity index (χ0) is 17.4. The summed E-state index contributed by atoms with van der Waals surface area (Å²) in [5.41, 5.74) is 10.1. The molecule has 0 aliphatic heterocycles. The molecular weight excluding hydrogens is 268 g/mol. The number of rotatable bonds is 3. The van der Waals surface area contributed by atoms with E-state index in [4.69, 9.17) is 5.73 Å². The highest BCUT2D eigenvalue weighted by Gasteiger charge is 2.03. The molecule has 0 aromatic heterocycles. The van der Waals surface area contributed by atoms with Gasteiger partial charge in [-0.05, 0) is 24.1 Å². The quantitative estimate of drug-likeness (QED) is 0.777. The van der Waals surface area contributed by atoms with Crippen LogP contribution in [-0.4, -0.2) is 7.05 Å². The minimum atomic E-state index is 0.763. The van der Waals surface area contributed by atoms with Crippen LogP contribution in [0.3, 0.4) is 0 Å². The standard InChI is InChI=1S/C15H20N2.C3H8.C2H6/c1-4-6-7-12-8-9-14(13(5-2)10-12)15(16)11-17-3;1-3-2;1-2/h8-11,17H,4-5,16H2,1-3H3;3H2,1-2H3;1-2H3/b15-11-;;. The average molecular weight is 303 g/mol. The third-order valence-corrected chi connectivity index (χ3v) is 2.51. The first-order chi connectivity index (χ1) is 10.6. The Labute approximate surface area is 138 Å². The summed E-state index contributed by atoms with van der Waals surface area (Å²) in [4.78, 5) is 0. The van der Waals surface area contributed by atoms with Gasteiger partial charge in [-0.1, -0.05) is 65.9 Å². The molecule has 0 unspecified atom stereocenters. The third kappa shape index (κ3) is 9.13. The number of hydrogen-bond acceptors (Lipinski definition) is 2. The van der Waals surface area contributed by atoms with Crippen LogP contribution in [0.1, 0.15) is 71.1 Å². The molecule has 0 aliphatic carbocycles. The summed E-state index contributed by atoms with van der Waals surface area (Å²) in [6.45, 7) is 12.4. The molecule has 0 fully saturated rings. The Morgan fingerprint density at radius 2 is 1.77 bits per heavy atom. The van der Waals surface area contributed by atoms with Crippen LogP contribution in [0, 0.1) is 11.8 Å². The van der Waals surface area contributed by atoms with Crippen LogP contribution in [0.4, 0.5) is 0 Å². The summed E-state index contributed by atoms with van der Waals surface area (Å²) in [5, 5.41) is 2.95. The van der Waals surface area contributed by atoms with Gasteiger partial charge in [0.25, 0.3) is 0 Å². The average Bonchev–Trinajstić information content (AvgIpc) is 2.55. The first kappa shape index (κ1) is 22.4. The molecule has 124 valence electrons. The highest BCUT2D eigenvalue weighted by Crippen LogP contribution is 2.17. The molecule has 2 heteroatoms. The van der Waals surface area contributed by atoms with Crippen molar-refractivity contribution in [3.63, 3.8) is 0 Å². The normalized spacial score (nSPS) is 9.32. The Balaban J connectivity index is 0. The lowest BCUT2D eigenvalue weighted by Gasteiger charge is -2.09. The molecule has 0 heterocycles. The number of hydrogen-bond donors (Lipinski definition) is 2. The monoisotopic (exact) mass is 302 g/mol. The number of nitrogens with two attached hydrogens (primary N) is 1. The van der Waals surface area contributed by atoms with E-state index in [1.807, 2.05) is 39.2 Å². The Morgan fingerprint density at radius 3 is 2.23 bits per heavy atom. The van der Waals surface area contributed by atoms with Crippen molar-refractivity contribution in [1.29, 1.82) is 0 Å². The second kappa shape index (κ2) is 15.5. The van der Waals surface area contributed by atoms with Gasteiger partial charge in [-0.25, -0.2) is 0 Å². The molecule has 1 aromatic rings. The van der Waals surface area contributed by atoms with E-state index in [-0.39, 0.29) is 0 Å². The van der Waals surface area contributed by atoms with Crippen molar-refractivity contribution in [2.24, 2.45) is 5.73 Å². The Kier molecular flexibility index (Phi) is 15.8. The van der Waals surface area contributed by atoms with Crippen LogP contribution in [0.5, 0.6) is 0 Å². The first-order valence-corrected chi connectivity index (χ1v) is 8.39. The van der Waals surface area contributed by atoms with E-state index in [0.717, 1.165) is 29.7 Å². The molecule has 0 aliphatic rings. The third-order valence-electron chi connectivity index (χ3n) is 2.51. The summed E-state index contributed by atoms with van der Waals surface area (Å²) in [6.07, 6.45) is 4.89. The fraction of sp³-hybridized carbons (Fsp3) is 0.500. The summed E-state index contributed by atoms with van der Waals surface area (Å²) < 4.78 is 0. The van der Waals surface area contributed by atoms with Crippen molar-refractivity contribution < 1.29 is 0 Å². The van der Waals surface area contributed by atoms with Crippen molar-refractivity contribution in [3.05, 3.63) is 41.1 Å². The van der Waals surface area contributed by atoms with Crippen molar-refractivity contribution in [3.8, 4) is 11.8 Å². The zero-order valence-corrected chi connectivity index (χ0v) is 15.5. The van der Waals surface area contributed by atoms with Crippen LogP contribution in [-0.2, 0) is 6.42 Å².